The highest BCUT2D eigenvalue weighted by Gasteiger charge is 2.38. The minimum absolute atomic E-state index is 0.124. The van der Waals surface area contributed by atoms with E-state index in [9.17, 15) is 33.9 Å². The number of dihydropyridines is 2. The molecule has 1 saturated carbocycles. The molecule has 296 valence electrons. The Labute approximate surface area is 337 Å². The number of amides is 1. The lowest BCUT2D eigenvalue weighted by Crippen LogP contribution is -2.30. The molecule has 1 amide bonds. The molecular formula is C43H43N3O9S2. The second-order valence-corrected chi connectivity index (χ2v) is 16.0. The molecule has 2 aliphatic heterocycles. The van der Waals surface area contributed by atoms with Gasteiger partial charge in [-0.1, -0.05) is 0 Å². The van der Waals surface area contributed by atoms with Crippen molar-refractivity contribution in [3.05, 3.63) is 114 Å². The number of fused-ring (bicyclic) bond motifs is 2. The highest BCUT2D eigenvalue weighted by molar-refractivity contribution is 7.17. The van der Waals surface area contributed by atoms with E-state index in [-0.39, 0.29) is 29.1 Å². The molecule has 2 aromatic carbocycles. The summed E-state index contributed by atoms with van der Waals surface area (Å²) in [6.45, 7) is 10.0. The highest BCUT2D eigenvalue weighted by atomic mass is 32.1. The summed E-state index contributed by atoms with van der Waals surface area (Å²) in [4.78, 5) is 74.1. The van der Waals surface area contributed by atoms with Crippen LogP contribution < -0.4 is 16.0 Å². The number of rotatable bonds is 9. The van der Waals surface area contributed by atoms with Gasteiger partial charge in [0.05, 0.1) is 30.9 Å². The number of esters is 2. The van der Waals surface area contributed by atoms with Crippen LogP contribution in [0.1, 0.15) is 98.1 Å². The molecule has 57 heavy (non-hydrogen) atoms. The van der Waals surface area contributed by atoms with Crippen LogP contribution in [0.5, 0.6) is 0 Å². The van der Waals surface area contributed by atoms with Gasteiger partial charge in [0.1, 0.15) is 0 Å². The summed E-state index contributed by atoms with van der Waals surface area (Å²) in [5, 5.41) is 24.5. The first-order valence-electron chi connectivity index (χ1n) is 18.2. The molecular weight excluding hydrogens is 767 g/mol. The molecule has 0 saturated heterocycles. The molecule has 7 rings (SSSR count). The molecule has 0 bridgehead atoms. The number of thiophene rings is 2. The number of aliphatic carboxylic acids is 1. The first-order valence-corrected chi connectivity index (χ1v) is 20.0. The van der Waals surface area contributed by atoms with Gasteiger partial charge in [0.25, 0.3) is 5.91 Å². The normalized spacial score (nSPS) is 18.1. The SMILES string of the molecule is CC(=O)C1=C(C)NC(C)=C(C(=O)O)C1c1csc2ccc(C(=O)NC3CC3)cc12.COC(=O)C1=C(C)NC(C)=C(C(C)=O)C1c1csc2ccc(C(=O)OC)cc12. The van der Waals surface area contributed by atoms with Gasteiger partial charge in [0.2, 0.25) is 0 Å². The Morgan fingerprint density at radius 3 is 1.54 bits per heavy atom. The number of hydrogen-bond donors (Lipinski definition) is 4. The molecule has 4 N–H and O–H groups in total. The molecule has 4 heterocycles. The number of allylic oxidation sites excluding steroid dienone is 6. The zero-order chi connectivity index (χ0) is 41.5. The zero-order valence-electron chi connectivity index (χ0n) is 32.8. The number of ketones is 2. The predicted molar refractivity (Wildman–Crippen MR) is 219 cm³/mol. The van der Waals surface area contributed by atoms with Crippen molar-refractivity contribution >= 4 is 78.2 Å². The van der Waals surface area contributed by atoms with Crippen LogP contribution in [0.25, 0.3) is 20.2 Å². The van der Waals surface area contributed by atoms with E-state index in [1.165, 1.54) is 50.7 Å². The predicted octanol–water partition coefficient (Wildman–Crippen LogP) is 7.39. The fraction of sp³-hybridized carbons (Fsp3) is 0.302. The number of nitrogens with one attached hydrogen (secondary N) is 3. The van der Waals surface area contributed by atoms with Crippen LogP contribution in [0.2, 0.25) is 0 Å². The molecule has 1 aliphatic carbocycles. The standard InChI is InChI=1S/C22H22N2O4S.C21H21NO5S/c1-10-18(12(3)25)20(19(22(27)28)11(2)23-10)16-9-29-17-7-4-13(8-15(16)17)21(26)24-14-5-6-14;1-10-17(12(3)23)19(18(11(2)22-10)21(25)27-5)15-9-28-16-7-6-13(8-14(15)16)20(24)26-4/h4,7-9,14,20,23H,5-6H2,1-3H3,(H,24,26)(H,27,28);6-9,19,22H,1-5H3. The average Bonchev–Trinajstić information content (AvgIpc) is 3.71. The molecule has 2 aromatic heterocycles. The third-order valence-corrected chi connectivity index (χ3v) is 12.3. The lowest BCUT2D eigenvalue weighted by Gasteiger charge is -2.30. The van der Waals surface area contributed by atoms with Gasteiger partial charge in [0, 0.05) is 66.8 Å². The lowest BCUT2D eigenvalue weighted by atomic mass is 9.79. The molecule has 2 atom stereocenters. The van der Waals surface area contributed by atoms with Gasteiger partial charge in [-0.15, -0.1) is 22.7 Å². The summed E-state index contributed by atoms with van der Waals surface area (Å²) in [5.74, 6) is -3.68. The monoisotopic (exact) mass is 809 g/mol. The largest absolute Gasteiger partial charge is 0.478 e. The van der Waals surface area contributed by atoms with Gasteiger partial charge in [-0.3, -0.25) is 14.4 Å². The molecule has 4 aromatic rings. The summed E-state index contributed by atoms with van der Waals surface area (Å²) >= 11 is 2.97. The first-order chi connectivity index (χ1) is 27.1. The molecule has 2 unspecified atom stereocenters. The van der Waals surface area contributed by atoms with Crippen molar-refractivity contribution in [1.29, 1.82) is 0 Å². The molecule has 0 spiro atoms. The maximum absolute atomic E-state index is 12.6. The van der Waals surface area contributed by atoms with Gasteiger partial charge < -0.3 is 30.5 Å². The Bertz CT molecular complexity index is 2490. The van der Waals surface area contributed by atoms with E-state index in [2.05, 4.69) is 16.0 Å². The number of carboxylic acids is 1. The Morgan fingerprint density at radius 1 is 0.649 bits per heavy atom. The van der Waals surface area contributed by atoms with Crippen molar-refractivity contribution in [3.8, 4) is 0 Å². The Balaban J connectivity index is 0.000000193. The minimum atomic E-state index is -1.06. The minimum Gasteiger partial charge on any atom is -0.478 e. The number of hydrogen-bond acceptors (Lipinski definition) is 12. The summed E-state index contributed by atoms with van der Waals surface area (Å²) < 4.78 is 11.7. The van der Waals surface area contributed by atoms with Crippen molar-refractivity contribution in [2.24, 2.45) is 0 Å². The second kappa shape index (κ2) is 16.3. The summed E-state index contributed by atoms with van der Waals surface area (Å²) in [7, 11) is 2.65. The zero-order valence-corrected chi connectivity index (χ0v) is 34.4. The van der Waals surface area contributed by atoms with E-state index in [0.717, 1.165) is 44.1 Å². The van der Waals surface area contributed by atoms with Crippen molar-refractivity contribution < 1.29 is 43.3 Å². The molecule has 0 radical (unpaired) electrons. The van der Waals surface area contributed by atoms with E-state index in [1.54, 1.807) is 39.0 Å². The van der Waals surface area contributed by atoms with Gasteiger partial charge in [-0.05, 0) is 123 Å². The fourth-order valence-corrected chi connectivity index (χ4v) is 9.57. The van der Waals surface area contributed by atoms with Crippen molar-refractivity contribution in [2.45, 2.75) is 72.3 Å². The quantitative estimate of drug-likeness (QED) is 0.124. The second-order valence-electron chi connectivity index (χ2n) is 14.2. The number of Topliss-reactive ketones (excluding diaryl/α,β-unsaturated/α-hetero) is 2. The van der Waals surface area contributed by atoms with Crippen LogP contribution in [0.15, 0.2) is 92.2 Å². The molecule has 12 nitrogen and oxygen atoms in total. The maximum atomic E-state index is 12.6. The number of carbonyl (C=O) groups is 6. The van der Waals surface area contributed by atoms with Gasteiger partial charge in [0.15, 0.2) is 11.6 Å². The van der Waals surface area contributed by atoms with Gasteiger partial charge in [-0.25, -0.2) is 14.4 Å². The summed E-state index contributed by atoms with van der Waals surface area (Å²) in [6, 6.07) is 11.0. The summed E-state index contributed by atoms with van der Waals surface area (Å²) in [5.41, 5.74) is 6.51. The average molecular weight is 810 g/mol. The van der Waals surface area contributed by atoms with E-state index in [1.807, 2.05) is 35.9 Å². The van der Waals surface area contributed by atoms with Crippen LogP contribution in [-0.4, -0.2) is 60.7 Å². The Hall–Kier alpha value is -5.86. The maximum Gasteiger partial charge on any atom is 0.337 e. The van der Waals surface area contributed by atoms with Crippen LogP contribution in [0.3, 0.4) is 0 Å². The third kappa shape index (κ3) is 7.92. The number of carbonyl (C=O) groups excluding carboxylic acids is 5. The van der Waals surface area contributed by atoms with Crippen LogP contribution in [0.4, 0.5) is 0 Å². The van der Waals surface area contributed by atoms with Crippen LogP contribution >= 0.6 is 22.7 Å². The van der Waals surface area contributed by atoms with Gasteiger partial charge in [-0.2, -0.15) is 0 Å². The van der Waals surface area contributed by atoms with Crippen molar-refractivity contribution in [3.63, 3.8) is 0 Å². The third-order valence-electron chi connectivity index (χ3n) is 10.3. The fourth-order valence-electron chi connectivity index (χ4n) is 7.64. The van der Waals surface area contributed by atoms with E-state index in [0.29, 0.717) is 50.6 Å². The van der Waals surface area contributed by atoms with E-state index in [4.69, 9.17) is 9.47 Å². The molecule has 3 aliphatic rings. The number of methoxy groups -OCH3 is 2. The van der Waals surface area contributed by atoms with E-state index >= 15 is 0 Å². The highest BCUT2D eigenvalue weighted by Crippen LogP contribution is 2.45. The van der Waals surface area contributed by atoms with Crippen LogP contribution in [0, 0.1) is 0 Å². The number of benzene rings is 2. The number of ether oxygens (including phenoxy) is 2. The van der Waals surface area contributed by atoms with E-state index < -0.39 is 29.7 Å². The smallest absolute Gasteiger partial charge is 0.337 e. The Morgan fingerprint density at radius 2 is 1.09 bits per heavy atom. The van der Waals surface area contributed by atoms with Crippen molar-refractivity contribution in [1.82, 2.24) is 16.0 Å². The Kier molecular flexibility index (Phi) is 11.7. The number of carboxylic acid groups (broad SMARTS) is 1. The lowest BCUT2D eigenvalue weighted by molar-refractivity contribution is -0.136. The van der Waals surface area contributed by atoms with Gasteiger partial charge >= 0.3 is 17.9 Å². The molecule has 1 fully saturated rings. The first kappa shape index (κ1) is 40.8. The molecule has 14 heteroatoms. The van der Waals surface area contributed by atoms with Crippen LogP contribution in [-0.2, 0) is 28.7 Å². The topological polar surface area (TPSA) is 177 Å². The van der Waals surface area contributed by atoms with Crippen molar-refractivity contribution in [2.75, 3.05) is 14.2 Å². The summed E-state index contributed by atoms with van der Waals surface area (Å²) in [6.07, 6.45) is 2.01.